The van der Waals surface area contributed by atoms with Crippen molar-refractivity contribution in [3.05, 3.63) is 50.5 Å². The maximum atomic E-state index is 13.9. The second-order valence-corrected chi connectivity index (χ2v) is 9.72. The van der Waals surface area contributed by atoms with Gasteiger partial charge in [-0.05, 0) is 25.1 Å². The van der Waals surface area contributed by atoms with Crippen LogP contribution in [0.25, 0.3) is 22.1 Å². The lowest BCUT2D eigenvalue weighted by Gasteiger charge is -2.35. The highest BCUT2D eigenvalue weighted by atomic mass is 19.1. The Morgan fingerprint density at radius 2 is 1.64 bits per heavy atom. The van der Waals surface area contributed by atoms with Gasteiger partial charge < -0.3 is 24.5 Å². The van der Waals surface area contributed by atoms with Gasteiger partial charge in [0.15, 0.2) is 11.2 Å². The zero-order chi connectivity index (χ0) is 33.8. The minimum Gasteiger partial charge on any atom is -0.464 e. The summed E-state index contributed by atoms with van der Waals surface area (Å²) in [6.07, 6.45) is 1.25. The van der Waals surface area contributed by atoms with E-state index in [4.69, 9.17) is 4.74 Å². The number of H-pyrrole nitrogens is 2. The highest BCUT2D eigenvalue weighted by Crippen LogP contribution is 2.29. The molecule has 0 atom stereocenters. The van der Waals surface area contributed by atoms with Crippen molar-refractivity contribution in [2.75, 3.05) is 50.1 Å². The predicted octanol–water partition coefficient (Wildman–Crippen LogP) is 4.08. The van der Waals surface area contributed by atoms with Crippen LogP contribution in [0.5, 0.6) is 0 Å². The number of esters is 1. The van der Waals surface area contributed by atoms with Crippen LogP contribution in [0.1, 0.15) is 65.4 Å². The highest BCUT2D eigenvalue weighted by molar-refractivity contribution is 6.11. The number of hydrogen-bond acceptors (Lipinski definition) is 8. The fourth-order valence-electron chi connectivity index (χ4n) is 4.80. The molecule has 248 valence electrons. The van der Waals surface area contributed by atoms with Crippen LogP contribution in [0.4, 0.5) is 16.0 Å². The molecule has 45 heavy (non-hydrogen) atoms. The molecule has 1 aliphatic rings. The first kappa shape index (κ1) is 36.7. The Kier molecular flexibility index (Phi) is 14.0. The average molecular weight is 631 g/mol. The first-order valence-electron chi connectivity index (χ1n) is 15.5. The standard InChI is InChI=1S/C24H27FN8O5.C3H8.2C2H6/c1-4-33-19-20(30(2)24(37)29-21(19)35)28-23(33)32-9-7-31(8-10-32)12-16(34)27-17-14-11-13(25)5-6-15(14)26-18(17)22(36)38-3;1-3-2;2*1-2/h5-6,11,26H,4,7-10,12H2,1-3H3,(H,27,34)(H,29,35,37);3H2,1-2H3;2*1-2H3. The van der Waals surface area contributed by atoms with Gasteiger partial charge in [-0.2, -0.15) is 4.98 Å². The number of benzene rings is 1. The van der Waals surface area contributed by atoms with Crippen LogP contribution in [0.2, 0.25) is 0 Å². The van der Waals surface area contributed by atoms with Crippen molar-refractivity contribution < 1.29 is 18.7 Å². The van der Waals surface area contributed by atoms with Crippen molar-refractivity contribution in [3.63, 3.8) is 0 Å². The molecule has 1 aromatic carbocycles. The van der Waals surface area contributed by atoms with Crippen molar-refractivity contribution >= 4 is 45.6 Å². The summed E-state index contributed by atoms with van der Waals surface area (Å²) in [5.74, 6) is -0.960. The van der Waals surface area contributed by atoms with Crippen molar-refractivity contribution in [3.8, 4) is 0 Å². The number of nitrogens with one attached hydrogen (secondary N) is 3. The fourth-order valence-corrected chi connectivity index (χ4v) is 4.80. The molecule has 0 bridgehead atoms. The van der Waals surface area contributed by atoms with E-state index in [1.165, 1.54) is 36.3 Å². The number of carbonyl (C=O) groups is 2. The SMILES string of the molecule is CC.CC.CCC.CCn1c(N2CCN(CC(=O)Nc3c(C(=O)OC)[nH]c4ccc(F)cc34)CC2)nc2c1c(=O)[nH]c(=O)n2C. The van der Waals surface area contributed by atoms with Crippen LogP contribution in [0, 0.1) is 5.82 Å². The van der Waals surface area contributed by atoms with Crippen LogP contribution in [-0.2, 0) is 23.1 Å². The van der Waals surface area contributed by atoms with Gasteiger partial charge in [0, 0.05) is 50.7 Å². The molecule has 3 N–H and O–H groups in total. The first-order chi connectivity index (χ1) is 21.6. The van der Waals surface area contributed by atoms with Gasteiger partial charge in [0.25, 0.3) is 5.56 Å². The molecule has 1 amide bonds. The van der Waals surface area contributed by atoms with Crippen molar-refractivity contribution in [1.29, 1.82) is 0 Å². The number of anilines is 2. The van der Waals surface area contributed by atoms with Gasteiger partial charge in [0.1, 0.15) is 11.5 Å². The van der Waals surface area contributed by atoms with E-state index in [0.29, 0.717) is 60.7 Å². The Balaban J connectivity index is 0.000000934. The van der Waals surface area contributed by atoms with E-state index < -0.39 is 23.0 Å². The van der Waals surface area contributed by atoms with Crippen LogP contribution >= 0.6 is 0 Å². The average Bonchev–Trinajstić information content (AvgIpc) is 3.61. The third-order valence-corrected chi connectivity index (χ3v) is 6.74. The van der Waals surface area contributed by atoms with Gasteiger partial charge in [-0.15, -0.1) is 0 Å². The molecule has 0 unspecified atom stereocenters. The number of amides is 1. The molecule has 4 aromatic rings. The van der Waals surface area contributed by atoms with E-state index in [-0.39, 0.29) is 23.8 Å². The van der Waals surface area contributed by atoms with Crippen molar-refractivity contribution in [1.82, 2.24) is 29.0 Å². The lowest BCUT2D eigenvalue weighted by molar-refractivity contribution is -0.117. The molecular weight excluding hydrogens is 583 g/mol. The third-order valence-electron chi connectivity index (χ3n) is 6.74. The maximum Gasteiger partial charge on any atom is 0.356 e. The van der Waals surface area contributed by atoms with Crippen molar-refractivity contribution in [2.45, 2.75) is 61.4 Å². The third kappa shape index (κ3) is 8.18. The normalized spacial score (nSPS) is 12.8. The summed E-state index contributed by atoms with van der Waals surface area (Å²) in [6.45, 7) is 16.8. The number of aromatic amines is 2. The van der Waals surface area contributed by atoms with Gasteiger partial charge in [-0.1, -0.05) is 48.0 Å². The second-order valence-electron chi connectivity index (χ2n) is 9.72. The number of hydrogen-bond donors (Lipinski definition) is 3. The Bertz CT molecular complexity index is 1700. The number of nitrogens with zero attached hydrogens (tertiary/aromatic N) is 5. The monoisotopic (exact) mass is 630 g/mol. The Hall–Kier alpha value is -4.46. The Morgan fingerprint density at radius 1 is 1.02 bits per heavy atom. The Labute approximate surface area is 262 Å². The lowest BCUT2D eigenvalue weighted by Crippen LogP contribution is -2.49. The number of aryl methyl sites for hydroxylation is 2. The molecule has 0 spiro atoms. The van der Waals surface area contributed by atoms with E-state index in [0.717, 1.165) is 0 Å². The fraction of sp³-hybridized carbons (Fsp3) is 0.516. The second kappa shape index (κ2) is 17.1. The largest absolute Gasteiger partial charge is 0.464 e. The molecule has 5 rings (SSSR count). The summed E-state index contributed by atoms with van der Waals surface area (Å²) in [4.78, 5) is 63.4. The topological polar surface area (TPSA) is 150 Å². The molecule has 13 nitrogen and oxygen atoms in total. The minimum atomic E-state index is -0.680. The van der Waals surface area contributed by atoms with Crippen LogP contribution < -0.4 is 21.5 Å². The maximum absolute atomic E-state index is 13.9. The van der Waals surface area contributed by atoms with E-state index in [1.807, 2.05) is 44.4 Å². The lowest BCUT2D eigenvalue weighted by atomic mass is 10.2. The molecule has 0 aliphatic carbocycles. The van der Waals surface area contributed by atoms with Gasteiger partial charge >= 0.3 is 11.7 Å². The van der Waals surface area contributed by atoms with Crippen molar-refractivity contribution in [2.24, 2.45) is 7.05 Å². The number of ether oxygens (including phenoxy) is 1. The number of aromatic nitrogens is 5. The molecule has 1 saturated heterocycles. The van der Waals surface area contributed by atoms with Crippen LogP contribution in [0.3, 0.4) is 0 Å². The number of methoxy groups -OCH3 is 1. The molecule has 3 aromatic heterocycles. The molecule has 14 heteroatoms. The number of fused-ring (bicyclic) bond motifs is 2. The first-order valence-corrected chi connectivity index (χ1v) is 15.5. The molecule has 4 heterocycles. The molecule has 0 saturated carbocycles. The smallest absolute Gasteiger partial charge is 0.356 e. The summed E-state index contributed by atoms with van der Waals surface area (Å²) >= 11 is 0. The van der Waals surface area contributed by atoms with Gasteiger partial charge in [0.2, 0.25) is 11.9 Å². The number of rotatable bonds is 6. The highest BCUT2D eigenvalue weighted by Gasteiger charge is 2.26. The van der Waals surface area contributed by atoms with E-state index in [2.05, 4.69) is 34.1 Å². The Morgan fingerprint density at radius 3 is 2.22 bits per heavy atom. The van der Waals surface area contributed by atoms with Gasteiger partial charge in [-0.25, -0.2) is 14.0 Å². The number of carbonyl (C=O) groups excluding carboxylic acids is 2. The molecule has 0 radical (unpaired) electrons. The van der Waals surface area contributed by atoms with E-state index >= 15 is 0 Å². The zero-order valence-electron chi connectivity index (χ0n) is 27.8. The van der Waals surface area contributed by atoms with Crippen LogP contribution in [0.15, 0.2) is 27.8 Å². The van der Waals surface area contributed by atoms with Gasteiger partial charge in [0.05, 0.1) is 19.3 Å². The van der Waals surface area contributed by atoms with Crippen LogP contribution in [-0.4, -0.2) is 80.7 Å². The van der Waals surface area contributed by atoms with E-state index in [1.54, 1.807) is 11.6 Å². The number of halogens is 1. The summed E-state index contributed by atoms with van der Waals surface area (Å²) < 4.78 is 21.8. The zero-order valence-corrected chi connectivity index (χ0v) is 27.8. The molecule has 1 aliphatic heterocycles. The quantitative estimate of drug-likeness (QED) is 0.270. The molecule has 1 fully saturated rings. The summed E-state index contributed by atoms with van der Waals surface area (Å²) in [6, 6.07) is 3.99. The number of imidazole rings is 1. The summed E-state index contributed by atoms with van der Waals surface area (Å²) in [5.41, 5.74) is 0.334. The number of piperazine rings is 1. The summed E-state index contributed by atoms with van der Waals surface area (Å²) in [5, 5.41) is 3.11. The summed E-state index contributed by atoms with van der Waals surface area (Å²) in [7, 11) is 2.78. The molecular formula is C31H47FN8O5. The van der Waals surface area contributed by atoms with Gasteiger partial charge in [-0.3, -0.25) is 24.0 Å². The van der Waals surface area contributed by atoms with E-state index in [9.17, 15) is 23.6 Å². The minimum absolute atomic E-state index is 0.0362. The predicted molar refractivity (Wildman–Crippen MR) is 177 cm³/mol.